The number of nitrogens with zero attached hydrogens (tertiary/aromatic N) is 1. The second-order valence-corrected chi connectivity index (χ2v) is 6.71. The molecule has 6 heteroatoms. The molecule has 2 N–H and O–H groups in total. The van der Waals surface area contributed by atoms with Gasteiger partial charge in [-0.2, -0.15) is 0 Å². The van der Waals surface area contributed by atoms with Crippen LogP contribution in [-0.4, -0.2) is 54.5 Å². The van der Waals surface area contributed by atoms with E-state index in [1.54, 1.807) is 4.90 Å². The zero-order chi connectivity index (χ0) is 14.8. The lowest BCUT2D eigenvalue weighted by atomic mass is 9.58. The second-order valence-electron chi connectivity index (χ2n) is 5.59. The van der Waals surface area contributed by atoms with Crippen molar-refractivity contribution in [2.24, 2.45) is 5.41 Å². The molecule has 1 spiro atoms. The molecular weight excluding hydrogens is 324 g/mol. The molecule has 0 unspecified atom stereocenters. The maximum absolute atomic E-state index is 12.0. The van der Waals surface area contributed by atoms with Crippen LogP contribution in [0.5, 0.6) is 0 Å². The Morgan fingerprint density at radius 3 is 2.70 bits per heavy atom. The highest BCUT2D eigenvalue weighted by Gasteiger charge is 2.56. The minimum atomic E-state index is -0.286. The fourth-order valence-corrected chi connectivity index (χ4v) is 3.37. The first-order chi connectivity index (χ1) is 9.49. The predicted molar refractivity (Wildman–Crippen MR) is 80.7 cm³/mol. The summed E-state index contributed by atoms with van der Waals surface area (Å²) in [7, 11) is 0. The molecular formula is C14H23BrN2O3. The van der Waals surface area contributed by atoms with Gasteiger partial charge in [-0.1, -0.05) is 22.5 Å². The largest absolute Gasteiger partial charge is 0.392 e. The van der Waals surface area contributed by atoms with Gasteiger partial charge in [-0.05, 0) is 19.8 Å². The quantitative estimate of drug-likeness (QED) is 0.816. The van der Waals surface area contributed by atoms with E-state index >= 15 is 0 Å². The van der Waals surface area contributed by atoms with Crippen LogP contribution in [0, 0.1) is 5.41 Å². The van der Waals surface area contributed by atoms with Crippen LogP contribution in [0.1, 0.15) is 26.2 Å². The topological polar surface area (TPSA) is 61.8 Å². The first-order valence-corrected chi connectivity index (χ1v) is 7.94. The van der Waals surface area contributed by atoms with Gasteiger partial charge in [0.25, 0.3) is 0 Å². The molecule has 20 heavy (non-hydrogen) atoms. The van der Waals surface area contributed by atoms with Crippen LogP contribution in [0.4, 0.5) is 4.79 Å². The van der Waals surface area contributed by atoms with E-state index in [4.69, 9.17) is 4.74 Å². The molecule has 0 aromatic heterocycles. The van der Waals surface area contributed by atoms with Crippen molar-refractivity contribution >= 4 is 22.0 Å². The van der Waals surface area contributed by atoms with Crippen LogP contribution in [0.2, 0.25) is 0 Å². The molecule has 1 heterocycles. The number of aliphatic hydroxyl groups is 1. The second kappa shape index (κ2) is 6.45. The van der Waals surface area contributed by atoms with E-state index in [1.165, 1.54) is 0 Å². The fraction of sp³-hybridized carbons (Fsp3) is 0.786. The molecule has 2 atom stereocenters. The maximum Gasteiger partial charge on any atom is 0.317 e. The minimum Gasteiger partial charge on any atom is -0.392 e. The summed E-state index contributed by atoms with van der Waals surface area (Å²) in [6.45, 7) is 8.12. The standard InChI is InChI=1S/C14H23BrN2O3/c1-3-20-12-8-11(18)14(12)4-6-17(7-5-14)13(19)16-9-10(2)15/h11-12,18H,2-9H2,1H3,(H,16,19)/t11-,12-/m0/s1. The summed E-state index contributed by atoms with van der Waals surface area (Å²) in [5.74, 6) is 0. The molecule has 1 aliphatic carbocycles. The third-order valence-electron chi connectivity index (χ3n) is 4.52. The molecule has 0 bridgehead atoms. The minimum absolute atomic E-state index is 0.0674. The first kappa shape index (κ1) is 15.8. The molecule has 2 fully saturated rings. The van der Waals surface area contributed by atoms with E-state index < -0.39 is 0 Å². The van der Waals surface area contributed by atoms with Gasteiger partial charge in [-0.25, -0.2) is 4.79 Å². The predicted octanol–water partition coefficient (Wildman–Crippen LogP) is 1.86. The average molecular weight is 347 g/mol. The summed E-state index contributed by atoms with van der Waals surface area (Å²) < 4.78 is 6.47. The van der Waals surface area contributed by atoms with E-state index in [-0.39, 0.29) is 23.7 Å². The van der Waals surface area contributed by atoms with Crippen LogP contribution >= 0.6 is 15.9 Å². The Morgan fingerprint density at radius 1 is 1.55 bits per heavy atom. The number of nitrogens with one attached hydrogen (secondary N) is 1. The average Bonchev–Trinajstić information content (AvgIpc) is 2.44. The van der Waals surface area contributed by atoms with Crippen LogP contribution < -0.4 is 5.32 Å². The van der Waals surface area contributed by atoms with E-state index in [0.29, 0.717) is 26.2 Å². The van der Waals surface area contributed by atoms with Crippen molar-refractivity contribution in [3.05, 3.63) is 11.1 Å². The van der Waals surface area contributed by atoms with Gasteiger partial charge in [0, 0.05) is 36.0 Å². The molecule has 2 rings (SSSR count). The summed E-state index contributed by atoms with van der Waals surface area (Å²) in [4.78, 5) is 13.8. The van der Waals surface area contributed by atoms with E-state index in [0.717, 1.165) is 23.7 Å². The smallest absolute Gasteiger partial charge is 0.317 e. The van der Waals surface area contributed by atoms with Crippen LogP contribution in [0.15, 0.2) is 11.1 Å². The third-order valence-corrected chi connectivity index (χ3v) is 4.80. The number of piperidine rings is 1. The zero-order valence-electron chi connectivity index (χ0n) is 11.9. The Bertz CT molecular complexity index is 379. The lowest BCUT2D eigenvalue weighted by Crippen LogP contribution is -2.63. The Labute approximate surface area is 128 Å². The first-order valence-electron chi connectivity index (χ1n) is 7.15. The van der Waals surface area contributed by atoms with Crippen molar-refractivity contribution < 1.29 is 14.6 Å². The van der Waals surface area contributed by atoms with Crippen LogP contribution in [-0.2, 0) is 4.74 Å². The number of urea groups is 1. The van der Waals surface area contributed by atoms with E-state index in [9.17, 15) is 9.90 Å². The van der Waals surface area contributed by atoms with Crippen molar-refractivity contribution in [3.8, 4) is 0 Å². The van der Waals surface area contributed by atoms with Crippen molar-refractivity contribution in [2.45, 2.75) is 38.4 Å². The Hall–Kier alpha value is -0.590. The van der Waals surface area contributed by atoms with Crippen LogP contribution in [0.3, 0.4) is 0 Å². The number of aliphatic hydroxyl groups excluding tert-OH is 1. The van der Waals surface area contributed by atoms with Gasteiger partial charge in [0.15, 0.2) is 0 Å². The molecule has 0 aromatic rings. The molecule has 0 radical (unpaired) electrons. The third kappa shape index (κ3) is 3.02. The van der Waals surface area contributed by atoms with E-state index in [1.807, 2.05) is 6.92 Å². The molecule has 1 aliphatic heterocycles. The van der Waals surface area contributed by atoms with Gasteiger partial charge < -0.3 is 20.1 Å². The van der Waals surface area contributed by atoms with Gasteiger partial charge in [-0.3, -0.25) is 0 Å². The lowest BCUT2D eigenvalue weighted by molar-refractivity contribution is -0.207. The summed E-state index contributed by atoms with van der Waals surface area (Å²) in [5, 5.41) is 12.9. The Kier molecular flexibility index (Phi) is 5.09. The zero-order valence-corrected chi connectivity index (χ0v) is 13.5. The summed E-state index contributed by atoms with van der Waals surface area (Å²) in [5.41, 5.74) is -0.133. The number of carbonyl (C=O) groups excluding carboxylic acids is 1. The highest BCUT2D eigenvalue weighted by atomic mass is 79.9. The van der Waals surface area contributed by atoms with E-state index in [2.05, 4.69) is 27.8 Å². The molecule has 1 saturated heterocycles. The number of hydrogen-bond acceptors (Lipinski definition) is 3. The number of amides is 2. The van der Waals surface area contributed by atoms with Gasteiger partial charge in [0.05, 0.1) is 18.8 Å². The molecule has 114 valence electrons. The van der Waals surface area contributed by atoms with Gasteiger partial charge >= 0.3 is 6.03 Å². The SMILES string of the molecule is C=C(Br)CNC(=O)N1CCC2(CC1)[C@@H](OCC)C[C@@H]2O. The van der Waals surface area contributed by atoms with Crippen molar-refractivity contribution in [1.29, 1.82) is 0 Å². The fourth-order valence-electron chi connectivity index (χ4n) is 3.23. The van der Waals surface area contributed by atoms with Gasteiger partial charge in [0.1, 0.15) is 0 Å². The summed E-state index contributed by atoms with van der Waals surface area (Å²) in [6.07, 6.45) is 2.20. The van der Waals surface area contributed by atoms with Crippen molar-refractivity contribution in [3.63, 3.8) is 0 Å². The Morgan fingerprint density at radius 2 is 2.20 bits per heavy atom. The summed E-state index contributed by atoms with van der Waals surface area (Å²) in [6, 6.07) is -0.0674. The number of ether oxygens (including phenoxy) is 1. The van der Waals surface area contributed by atoms with Crippen molar-refractivity contribution in [2.75, 3.05) is 26.2 Å². The number of carbonyl (C=O) groups is 1. The van der Waals surface area contributed by atoms with Crippen molar-refractivity contribution in [1.82, 2.24) is 10.2 Å². The number of rotatable bonds is 4. The monoisotopic (exact) mass is 346 g/mol. The molecule has 2 aliphatic rings. The molecule has 0 aromatic carbocycles. The highest BCUT2D eigenvalue weighted by molar-refractivity contribution is 9.11. The normalized spacial score (nSPS) is 28.1. The Balaban J connectivity index is 1.85. The number of hydrogen-bond donors (Lipinski definition) is 2. The molecule has 2 amide bonds. The number of halogens is 1. The lowest BCUT2D eigenvalue weighted by Gasteiger charge is -2.56. The summed E-state index contributed by atoms with van der Waals surface area (Å²) >= 11 is 3.22. The molecule has 5 nitrogen and oxygen atoms in total. The molecule has 1 saturated carbocycles. The van der Waals surface area contributed by atoms with Crippen LogP contribution in [0.25, 0.3) is 0 Å². The van der Waals surface area contributed by atoms with Gasteiger partial charge in [0.2, 0.25) is 0 Å². The maximum atomic E-state index is 12.0. The highest BCUT2D eigenvalue weighted by Crippen LogP contribution is 2.50. The number of likely N-dealkylation sites (tertiary alicyclic amines) is 1. The van der Waals surface area contributed by atoms with Gasteiger partial charge in [-0.15, -0.1) is 0 Å².